The van der Waals surface area contributed by atoms with E-state index in [0.717, 1.165) is 18.8 Å². The maximum atomic E-state index is 6.28. The molecule has 1 heteroatoms. The molecule has 1 nitrogen and oxygen atoms in total. The molecule has 0 spiro atoms. The normalized spacial score (nSPS) is 18.9. The van der Waals surface area contributed by atoms with Gasteiger partial charge in [-0.15, -0.1) is 0 Å². The van der Waals surface area contributed by atoms with Gasteiger partial charge in [0.25, 0.3) is 0 Å². The number of hydrogen-bond donors (Lipinski definition) is 1. The highest BCUT2D eigenvalue weighted by molar-refractivity contribution is 5.25. The van der Waals surface area contributed by atoms with Crippen molar-refractivity contribution in [1.29, 1.82) is 0 Å². The van der Waals surface area contributed by atoms with Gasteiger partial charge in [-0.05, 0) is 49.7 Å². The van der Waals surface area contributed by atoms with E-state index in [2.05, 4.69) is 31.2 Å². The van der Waals surface area contributed by atoms with Crippen LogP contribution in [-0.4, -0.2) is 6.04 Å². The summed E-state index contributed by atoms with van der Waals surface area (Å²) in [5.41, 5.74) is 9.15. The van der Waals surface area contributed by atoms with Crippen LogP contribution in [0.1, 0.15) is 43.2 Å². The molecule has 1 aliphatic carbocycles. The van der Waals surface area contributed by atoms with Crippen molar-refractivity contribution >= 4 is 0 Å². The summed E-state index contributed by atoms with van der Waals surface area (Å²) in [6, 6.07) is 9.08. The van der Waals surface area contributed by atoms with Crippen molar-refractivity contribution < 1.29 is 0 Å². The summed E-state index contributed by atoms with van der Waals surface area (Å²) < 4.78 is 0. The molecule has 1 atom stereocenters. The van der Waals surface area contributed by atoms with E-state index in [0.29, 0.717) is 6.04 Å². The molecule has 1 aromatic rings. The van der Waals surface area contributed by atoms with Gasteiger partial charge in [0.15, 0.2) is 0 Å². The number of nitrogens with two attached hydrogens (primary N) is 1. The third-order valence-electron chi connectivity index (χ3n) is 4.01. The van der Waals surface area contributed by atoms with E-state index in [4.69, 9.17) is 5.73 Å². The molecule has 1 saturated carbocycles. The van der Waals surface area contributed by atoms with Crippen LogP contribution in [0.5, 0.6) is 0 Å². The molecule has 0 saturated heterocycles. The van der Waals surface area contributed by atoms with E-state index >= 15 is 0 Å². The Bertz CT molecular complexity index is 326. The van der Waals surface area contributed by atoms with Crippen LogP contribution in [-0.2, 0) is 6.42 Å². The van der Waals surface area contributed by atoms with Gasteiger partial charge < -0.3 is 5.73 Å². The Kier molecular flexibility index (Phi) is 4.00. The standard InChI is InChI=1S/C15H23N/c1-12-6-2-3-7-13(12)10-11-15(16)14-8-4-5-9-14/h2-3,6-7,14-15H,4-5,8-11,16H2,1H3. The molecule has 1 aliphatic rings. The molecule has 0 amide bonds. The first-order chi connectivity index (χ1) is 7.77. The van der Waals surface area contributed by atoms with Crippen LogP contribution >= 0.6 is 0 Å². The molecule has 1 aromatic carbocycles. The lowest BCUT2D eigenvalue weighted by Gasteiger charge is -2.19. The van der Waals surface area contributed by atoms with Crippen molar-refractivity contribution in [2.75, 3.05) is 0 Å². The smallest absolute Gasteiger partial charge is 0.00703 e. The summed E-state index contributed by atoms with van der Waals surface area (Å²) >= 11 is 0. The molecule has 16 heavy (non-hydrogen) atoms. The number of benzene rings is 1. The van der Waals surface area contributed by atoms with Gasteiger partial charge in [0.1, 0.15) is 0 Å². The Labute approximate surface area is 99.0 Å². The van der Waals surface area contributed by atoms with Gasteiger partial charge >= 0.3 is 0 Å². The van der Waals surface area contributed by atoms with Crippen LogP contribution < -0.4 is 5.73 Å². The molecule has 0 radical (unpaired) electrons. The Morgan fingerprint density at radius 2 is 1.94 bits per heavy atom. The Hall–Kier alpha value is -0.820. The monoisotopic (exact) mass is 217 g/mol. The summed E-state index contributed by atoms with van der Waals surface area (Å²) in [6.45, 7) is 2.19. The van der Waals surface area contributed by atoms with E-state index in [1.807, 2.05) is 0 Å². The maximum absolute atomic E-state index is 6.28. The van der Waals surface area contributed by atoms with Crippen molar-refractivity contribution in [2.24, 2.45) is 11.7 Å². The topological polar surface area (TPSA) is 26.0 Å². The zero-order valence-corrected chi connectivity index (χ0v) is 10.3. The third kappa shape index (κ3) is 2.85. The second-order valence-corrected chi connectivity index (χ2v) is 5.17. The number of hydrogen-bond acceptors (Lipinski definition) is 1. The summed E-state index contributed by atoms with van der Waals surface area (Å²) in [5.74, 6) is 0.795. The first-order valence-electron chi connectivity index (χ1n) is 6.57. The van der Waals surface area contributed by atoms with Crippen LogP contribution in [0.15, 0.2) is 24.3 Å². The summed E-state index contributed by atoms with van der Waals surface area (Å²) in [4.78, 5) is 0. The van der Waals surface area contributed by atoms with E-state index in [1.54, 1.807) is 0 Å². The molecular weight excluding hydrogens is 194 g/mol. The molecule has 0 heterocycles. The van der Waals surface area contributed by atoms with Crippen LogP contribution in [0.25, 0.3) is 0 Å². The minimum Gasteiger partial charge on any atom is -0.327 e. The second kappa shape index (κ2) is 5.49. The van der Waals surface area contributed by atoms with E-state index in [1.165, 1.54) is 36.8 Å². The molecule has 0 aliphatic heterocycles. The Morgan fingerprint density at radius 3 is 2.62 bits per heavy atom. The van der Waals surface area contributed by atoms with Crippen molar-refractivity contribution in [3.63, 3.8) is 0 Å². The van der Waals surface area contributed by atoms with Crippen LogP contribution in [0.3, 0.4) is 0 Å². The SMILES string of the molecule is Cc1ccccc1CCC(N)C1CCCC1. The Morgan fingerprint density at radius 1 is 1.25 bits per heavy atom. The molecule has 2 rings (SSSR count). The average molecular weight is 217 g/mol. The van der Waals surface area contributed by atoms with E-state index in [-0.39, 0.29) is 0 Å². The predicted octanol–water partition coefficient (Wildman–Crippen LogP) is 3.45. The predicted molar refractivity (Wildman–Crippen MR) is 69.4 cm³/mol. The summed E-state index contributed by atoms with van der Waals surface area (Å²) in [5, 5.41) is 0. The molecule has 1 unspecified atom stereocenters. The van der Waals surface area contributed by atoms with Crippen molar-refractivity contribution in [2.45, 2.75) is 51.5 Å². The van der Waals surface area contributed by atoms with Crippen LogP contribution in [0.4, 0.5) is 0 Å². The van der Waals surface area contributed by atoms with Gasteiger partial charge in [-0.1, -0.05) is 37.1 Å². The first-order valence-corrected chi connectivity index (χ1v) is 6.57. The fourth-order valence-electron chi connectivity index (χ4n) is 2.83. The minimum absolute atomic E-state index is 0.419. The van der Waals surface area contributed by atoms with Gasteiger partial charge in [-0.3, -0.25) is 0 Å². The van der Waals surface area contributed by atoms with Gasteiger partial charge in [-0.2, -0.15) is 0 Å². The van der Waals surface area contributed by atoms with Gasteiger partial charge in [0.2, 0.25) is 0 Å². The maximum Gasteiger partial charge on any atom is 0.00703 e. The summed E-state index contributed by atoms with van der Waals surface area (Å²) in [7, 11) is 0. The quantitative estimate of drug-likeness (QED) is 0.821. The lowest BCUT2D eigenvalue weighted by molar-refractivity contribution is 0.410. The highest BCUT2D eigenvalue weighted by Gasteiger charge is 2.21. The van der Waals surface area contributed by atoms with E-state index < -0.39 is 0 Å². The molecule has 2 N–H and O–H groups in total. The highest BCUT2D eigenvalue weighted by atomic mass is 14.6. The largest absolute Gasteiger partial charge is 0.327 e. The Balaban J connectivity index is 1.84. The third-order valence-corrected chi connectivity index (χ3v) is 4.01. The van der Waals surface area contributed by atoms with Crippen molar-refractivity contribution in [3.05, 3.63) is 35.4 Å². The van der Waals surface area contributed by atoms with Crippen LogP contribution in [0, 0.1) is 12.8 Å². The van der Waals surface area contributed by atoms with Gasteiger partial charge in [0.05, 0.1) is 0 Å². The lowest BCUT2D eigenvalue weighted by atomic mass is 9.92. The first kappa shape index (κ1) is 11.7. The minimum atomic E-state index is 0.419. The molecule has 0 aromatic heterocycles. The summed E-state index contributed by atoms with van der Waals surface area (Å²) in [6.07, 6.45) is 7.79. The zero-order valence-electron chi connectivity index (χ0n) is 10.3. The highest BCUT2D eigenvalue weighted by Crippen LogP contribution is 2.28. The molecule has 88 valence electrons. The lowest BCUT2D eigenvalue weighted by Crippen LogP contribution is -2.28. The van der Waals surface area contributed by atoms with Crippen molar-refractivity contribution in [1.82, 2.24) is 0 Å². The molecule has 0 bridgehead atoms. The number of aryl methyl sites for hydroxylation is 2. The fourth-order valence-corrected chi connectivity index (χ4v) is 2.83. The fraction of sp³-hybridized carbons (Fsp3) is 0.600. The van der Waals surface area contributed by atoms with Gasteiger partial charge in [0, 0.05) is 6.04 Å². The van der Waals surface area contributed by atoms with E-state index in [9.17, 15) is 0 Å². The van der Waals surface area contributed by atoms with Gasteiger partial charge in [-0.25, -0.2) is 0 Å². The number of rotatable bonds is 4. The van der Waals surface area contributed by atoms with Crippen molar-refractivity contribution in [3.8, 4) is 0 Å². The van der Waals surface area contributed by atoms with Crippen LogP contribution in [0.2, 0.25) is 0 Å². The molecular formula is C15H23N. The molecule has 1 fully saturated rings. The second-order valence-electron chi connectivity index (χ2n) is 5.17. The zero-order chi connectivity index (χ0) is 11.4. The average Bonchev–Trinajstić information content (AvgIpc) is 2.81.